The number of rotatable bonds is 1. The molecule has 0 spiro atoms. The molecule has 0 unspecified atom stereocenters. The molecule has 2 aliphatic rings. The van der Waals surface area contributed by atoms with Crippen molar-refractivity contribution >= 4 is 50.7 Å². The average molecular weight is 422 g/mol. The Morgan fingerprint density at radius 1 is 1.04 bits per heavy atom. The van der Waals surface area contributed by atoms with E-state index in [9.17, 15) is 4.79 Å². The zero-order chi connectivity index (χ0) is 16.8. The van der Waals surface area contributed by atoms with Crippen LogP contribution in [0.2, 0.25) is 10.0 Å². The molecule has 0 saturated heterocycles. The van der Waals surface area contributed by atoms with E-state index in [2.05, 4.69) is 15.9 Å². The largest absolute Gasteiger partial charge is 0.423 e. The van der Waals surface area contributed by atoms with Crippen LogP contribution in [-0.2, 0) is 4.79 Å². The van der Waals surface area contributed by atoms with Gasteiger partial charge >= 0.3 is 5.97 Å². The smallest absolute Gasteiger partial charge is 0.340 e. The number of esters is 1. The maximum absolute atomic E-state index is 12.3. The van der Waals surface area contributed by atoms with E-state index in [-0.39, 0.29) is 11.9 Å². The second-order valence-corrected chi connectivity index (χ2v) is 7.50. The van der Waals surface area contributed by atoms with Crippen molar-refractivity contribution in [2.45, 2.75) is 12.3 Å². The Bertz CT molecular complexity index is 931. The van der Waals surface area contributed by atoms with Gasteiger partial charge in [-0.1, -0.05) is 63.4 Å². The Morgan fingerprint density at radius 3 is 2.67 bits per heavy atom. The van der Waals surface area contributed by atoms with E-state index in [0.717, 1.165) is 21.2 Å². The topological polar surface area (TPSA) is 26.3 Å². The molecule has 0 radical (unpaired) electrons. The van der Waals surface area contributed by atoms with Crippen molar-refractivity contribution in [2.24, 2.45) is 0 Å². The van der Waals surface area contributed by atoms with Gasteiger partial charge in [-0.05, 0) is 41.8 Å². The summed E-state index contributed by atoms with van der Waals surface area (Å²) < 4.78 is 6.34. The summed E-state index contributed by atoms with van der Waals surface area (Å²) in [5.41, 5.74) is 3.84. The van der Waals surface area contributed by atoms with E-state index in [0.29, 0.717) is 27.8 Å². The lowest BCUT2D eigenvalue weighted by atomic mass is 9.79. The van der Waals surface area contributed by atoms with E-state index in [1.54, 1.807) is 6.07 Å². The number of benzene rings is 2. The first-order valence-corrected chi connectivity index (χ1v) is 8.95. The SMILES string of the molecule is O=C1Oc2cc(Br)ccc2[C@H]2CC(c3ccc(Cl)c(Cl)c3)=CC=C12. The molecule has 0 fully saturated rings. The molecule has 0 N–H and O–H groups in total. The Kier molecular flexibility index (Phi) is 4.03. The van der Waals surface area contributed by atoms with Gasteiger partial charge in [0.15, 0.2) is 0 Å². The predicted molar refractivity (Wildman–Crippen MR) is 99.7 cm³/mol. The fourth-order valence-corrected chi connectivity index (χ4v) is 3.78. The van der Waals surface area contributed by atoms with Gasteiger partial charge in [0.25, 0.3) is 0 Å². The number of carbonyl (C=O) groups is 1. The van der Waals surface area contributed by atoms with E-state index >= 15 is 0 Å². The fraction of sp³-hybridized carbons (Fsp3) is 0.105. The third-order valence-corrected chi connectivity index (χ3v) is 5.58. The van der Waals surface area contributed by atoms with Gasteiger partial charge in [-0.3, -0.25) is 0 Å². The van der Waals surface area contributed by atoms with Gasteiger partial charge in [0, 0.05) is 21.5 Å². The Morgan fingerprint density at radius 2 is 1.88 bits per heavy atom. The molecule has 1 aliphatic heterocycles. The first-order chi connectivity index (χ1) is 11.5. The van der Waals surface area contributed by atoms with E-state index < -0.39 is 0 Å². The van der Waals surface area contributed by atoms with Crippen molar-refractivity contribution < 1.29 is 9.53 Å². The zero-order valence-corrected chi connectivity index (χ0v) is 15.5. The summed E-state index contributed by atoms with van der Waals surface area (Å²) in [5.74, 6) is 0.325. The molecule has 120 valence electrons. The van der Waals surface area contributed by atoms with Gasteiger partial charge in [-0.25, -0.2) is 4.79 Å². The minimum Gasteiger partial charge on any atom is -0.423 e. The van der Waals surface area contributed by atoms with Crippen molar-refractivity contribution in [3.63, 3.8) is 0 Å². The molecular formula is C19H11BrCl2O2. The summed E-state index contributed by atoms with van der Waals surface area (Å²) in [7, 11) is 0. The van der Waals surface area contributed by atoms with Gasteiger partial charge in [0.2, 0.25) is 0 Å². The fourth-order valence-electron chi connectivity index (χ4n) is 3.15. The number of hydrogen-bond acceptors (Lipinski definition) is 2. The molecule has 2 aromatic carbocycles. The Hall–Kier alpha value is -1.55. The molecule has 5 heteroatoms. The van der Waals surface area contributed by atoms with Crippen LogP contribution in [-0.4, -0.2) is 5.97 Å². The van der Waals surface area contributed by atoms with Gasteiger partial charge in [-0.2, -0.15) is 0 Å². The number of ether oxygens (including phenoxy) is 1. The van der Waals surface area contributed by atoms with Crippen LogP contribution in [0.5, 0.6) is 5.75 Å². The minimum atomic E-state index is -0.282. The molecule has 1 aliphatic carbocycles. The molecule has 2 aromatic rings. The van der Waals surface area contributed by atoms with Gasteiger partial charge in [0.1, 0.15) is 5.75 Å². The van der Waals surface area contributed by atoms with E-state index in [1.807, 2.05) is 42.5 Å². The van der Waals surface area contributed by atoms with Crippen LogP contribution in [0.15, 0.2) is 58.6 Å². The summed E-state index contributed by atoms with van der Waals surface area (Å²) >= 11 is 15.6. The molecule has 0 bridgehead atoms. The molecule has 0 amide bonds. The van der Waals surface area contributed by atoms with E-state index in [1.165, 1.54) is 0 Å². The van der Waals surface area contributed by atoms with Crippen LogP contribution in [0.1, 0.15) is 23.5 Å². The van der Waals surface area contributed by atoms with Crippen LogP contribution in [0.3, 0.4) is 0 Å². The average Bonchev–Trinajstić information content (AvgIpc) is 2.57. The van der Waals surface area contributed by atoms with Crippen LogP contribution >= 0.6 is 39.1 Å². The molecule has 1 heterocycles. The lowest BCUT2D eigenvalue weighted by molar-refractivity contribution is -0.131. The van der Waals surface area contributed by atoms with Crippen LogP contribution in [0.4, 0.5) is 0 Å². The molecule has 2 nitrogen and oxygen atoms in total. The zero-order valence-electron chi connectivity index (χ0n) is 12.4. The highest BCUT2D eigenvalue weighted by molar-refractivity contribution is 9.10. The number of allylic oxidation sites excluding steroid dienone is 3. The van der Waals surface area contributed by atoms with Crippen molar-refractivity contribution in [3.8, 4) is 5.75 Å². The summed E-state index contributed by atoms with van der Waals surface area (Å²) in [4.78, 5) is 12.3. The first-order valence-electron chi connectivity index (χ1n) is 7.41. The van der Waals surface area contributed by atoms with Crippen LogP contribution < -0.4 is 4.74 Å². The highest BCUT2D eigenvalue weighted by Gasteiger charge is 2.34. The summed E-state index contributed by atoms with van der Waals surface area (Å²) in [6.07, 6.45) is 4.52. The van der Waals surface area contributed by atoms with Gasteiger partial charge in [0.05, 0.1) is 10.0 Å². The maximum Gasteiger partial charge on any atom is 0.340 e. The molecule has 0 aromatic heterocycles. The minimum absolute atomic E-state index is 0.0104. The van der Waals surface area contributed by atoms with Crippen LogP contribution in [0, 0.1) is 0 Å². The molecular weight excluding hydrogens is 411 g/mol. The quantitative estimate of drug-likeness (QED) is 0.406. The normalized spacial score (nSPS) is 19.0. The van der Waals surface area contributed by atoms with Crippen molar-refractivity contribution in [3.05, 3.63) is 79.8 Å². The second-order valence-electron chi connectivity index (χ2n) is 5.77. The number of carbonyl (C=O) groups excluding carboxylic acids is 1. The summed E-state index contributed by atoms with van der Waals surface area (Å²) in [5, 5.41) is 1.06. The summed E-state index contributed by atoms with van der Waals surface area (Å²) in [6, 6.07) is 11.4. The van der Waals surface area contributed by atoms with Crippen LogP contribution in [0.25, 0.3) is 5.57 Å². The molecule has 4 rings (SSSR count). The molecule has 1 atom stereocenters. The number of hydrogen-bond donors (Lipinski definition) is 0. The Balaban J connectivity index is 1.77. The second kappa shape index (κ2) is 6.07. The third kappa shape index (κ3) is 2.71. The lowest BCUT2D eigenvalue weighted by Crippen LogP contribution is -2.25. The highest BCUT2D eigenvalue weighted by atomic mass is 79.9. The number of halogens is 3. The molecule has 24 heavy (non-hydrogen) atoms. The predicted octanol–water partition coefficient (Wildman–Crippen LogP) is 6.17. The first kappa shape index (κ1) is 15.9. The van der Waals surface area contributed by atoms with Crippen molar-refractivity contribution in [2.75, 3.05) is 0 Å². The van der Waals surface area contributed by atoms with Crippen molar-refractivity contribution in [1.29, 1.82) is 0 Å². The monoisotopic (exact) mass is 420 g/mol. The van der Waals surface area contributed by atoms with E-state index in [4.69, 9.17) is 27.9 Å². The number of fused-ring (bicyclic) bond motifs is 3. The Labute approximate surface area is 157 Å². The van der Waals surface area contributed by atoms with Gasteiger partial charge in [-0.15, -0.1) is 0 Å². The standard InChI is InChI=1S/C19H11BrCl2O2/c20-12-3-5-13-15-7-10(11-2-6-16(21)17(22)8-11)1-4-14(15)19(23)24-18(13)9-12/h1-6,8-9,15H,7H2/t15-/m1/s1. The third-order valence-electron chi connectivity index (χ3n) is 4.34. The summed E-state index contributed by atoms with van der Waals surface area (Å²) in [6.45, 7) is 0. The lowest BCUT2D eigenvalue weighted by Gasteiger charge is -2.30. The van der Waals surface area contributed by atoms with Gasteiger partial charge < -0.3 is 4.74 Å². The highest BCUT2D eigenvalue weighted by Crippen LogP contribution is 2.46. The van der Waals surface area contributed by atoms with Crippen molar-refractivity contribution in [1.82, 2.24) is 0 Å². The maximum atomic E-state index is 12.3. The molecule has 0 saturated carbocycles.